The van der Waals surface area contributed by atoms with Crippen LogP contribution in [0.15, 0.2) is 24.5 Å². The molecule has 6 nitrogen and oxygen atoms in total. The van der Waals surface area contributed by atoms with Crippen LogP contribution in [-0.4, -0.2) is 27.3 Å². The molecule has 0 saturated carbocycles. The molecular formula is C16H18N4O2. The van der Waals surface area contributed by atoms with E-state index in [1.165, 1.54) is 5.56 Å². The number of carbonyl (C=O) groups excluding carboxylic acids is 1. The summed E-state index contributed by atoms with van der Waals surface area (Å²) in [4.78, 5) is 17.0. The quantitative estimate of drug-likeness (QED) is 0.919. The molecule has 1 aliphatic heterocycles. The van der Waals surface area contributed by atoms with E-state index in [4.69, 9.17) is 4.74 Å². The van der Waals surface area contributed by atoms with E-state index < -0.39 is 0 Å². The van der Waals surface area contributed by atoms with Gasteiger partial charge in [-0.25, -0.2) is 4.68 Å². The molecule has 0 aromatic carbocycles. The number of ether oxygens (including phenoxy) is 1. The van der Waals surface area contributed by atoms with Gasteiger partial charge < -0.3 is 10.1 Å². The fourth-order valence-corrected chi connectivity index (χ4v) is 3.21. The normalized spacial score (nSPS) is 19.7. The van der Waals surface area contributed by atoms with E-state index in [0.29, 0.717) is 18.1 Å². The minimum atomic E-state index is -0.133. The Morgan fingerprint density at radius 2 is 2.36 bits per heavy atom. The molecule has 0 unspecified atom stereocenters. The van der Waals surface area contributed by atoms with Crippen molar-refractivity contribution in [1.82, 2.24) is 20.1 Å². The van der Waals surface area contributed by atoms with Crippen LogP contribution in [0.1, 0.15) is 46.9 Å². The molecule has 22 heavy (non-hydrogen) atoms. The average molecular weight is 298 g/mol. The molecular weight excluding hydrogens is 280 g/mol. The molecule has 0 fully saturated rings. The summed E-state index contributed by atoms with van der Waals surface area (Å²) in [6.45, 7) is 1.44. The number of nitrogens with zero attached hydrogens (tertiary/aromatic N) is 3. The third-order valence-electron chi connectivity index (χ3n) is 4.29. The fraction of sp³-hybridized carbons (Fsp3) is 0.438. The highest BCUT2D eigenvalue weighted by Crippen LogP contribution is 2.29. The number of hydrogen-bond donors (Lipinski definition) is 1. The summed E-state index contributed by atoms with van der Waals surface area (Å²) in [6.07, 6.45) is 7.32. The Labute approximate surface area is 128 Å². The summed E-state index contributed by atoms with van der Waals surface area (Å²) in [5.74, 6) is 0.451. The Morgan fingerprint density at radius 3 is 3.32 bits per heavy atom. The highest BCUT2D eigenvalue weighted by Gasteiger charge is 2.27. The van der Waals surface area contributed by atoms with E-state index in [1.807, 2.05) is 6.07 Å². The largest absolute Gasteiger partial charge is 0.477 e. The smallest absolute Gasteiger partial charge is 0.258 e. The van der Waals surface area contributed by atoms with Gasteiger partial charge in [-0.15, -0.1) is 0 Å². The van der Waals surface area contributed by atoms with Gasteiger partial charge in [0.25, 0.3) is 5.91 Å². The van der Waals surface area contributed by atoms with Gasteiger partial charge in [-0.1, -0.05) is 6.07 Å². The zero-order valence-electron chi connectivity index (χ0n) is 12.3. The summed E-state index contributed by atoms with van der Waals surface area (Å²) in [5, 5.41) is 7.32. The number of carbonyl (C=O) groups is 1. The third-order valence-corrected chi connectivity index (χ3v) is 4.29. The molecule has 2 aromatic rings. The first kappa shape index (κ1) is 13.3. The molecule has 2 aromatic heterocycles. The molecule has 1 amide bonds. The van der Waals surface area contributed by atoms with Crippen molar-refractivity contribution in [2.24, 2.45) is 0 Å². The van der Waals surface area contributed by atoms with Gasteiger partial charge in [0.2, 0.25) is 5.88 Å². The van der Waals surface area contributed by atoms with E-state index in [0.717, 1.165) is 37.9 Å². The molecule has 1 atom stereocenters. The van der Waals surface area contributed by atoms with Gasteiger partial charge in [0.05, 0.1) is 24.5 Å². The van der Waals surface area contributed by atoms with Crippen molar-refractivity contribution in [2.75, 3.05) is 6.61 Å². The van der Waals surface area contributed by atoms with Crippen LogP contribution in [0.3, 0.4) is 0 Å². The van der Waals surface area contributed by atoms with E-state index in [2.05, 4.69) is 21.5 Å². The number of pyridine rings is 1. The number of nitrogens with one attached hydrogen (secondary N) is 1. The number of hydrogen-bond acceptors (Lipinski definition) is 4. The zero-order chi connectivity index (χ0) is 14.9. The number of aromatic nitrogens is 3. The molecule has 2 aliphatic rings. The Morgan fingerprint density at radius 1 is 1.41 bits per heavy atom. The number of aryl methyl sites for hydroxylation is 2. The molecule has 1 aliphatic carbocycles. The van der Waals surface area contributed by atoms with Gasteiger partial charge in [0.1, 0.15) is 5.56 Å². The molecule has 0 spiro atoms. The van der Waals surface area contributed by atoms with Gasteiger partial charge in [0, 0.05) is 19.2 Å². The molecule has 1 N–H and O–H groups in total. The summed E-state index contributed by atoms with van der Waals surface area (Å²) >= 11 is 0. The van der Waals surface area contributed by atoms with Crippen LogP contribution in [0, 0.1) is 0 Å². The zero-order valence-corrected chi connectivity index (χ0v) is 12.3. The van der Waals surface area contributed by atoms with Crippen molar-refractivity contribution in [1.29, 1.82) is 0 Å². The van der Waals surface area contributed by atoms with E-state index in [9.17, 15) is 4.79 Å². The van der Waals surface area contributed by atoms with E-state index in [1.54, 1.807) is 17.1 Å². The minimum Gasteiger partial charge on any atom is -0.477 e. The van der Waals surface area contributed by atoms with Crippen molar-refractivity contribution in [3.63, 3.8) is 0 Å². The Bertz CT molecular complexity index is 710. The monoisotopic (exact) mass is 298 g/mol. The second kappa shape index (κ2) is 5.44. The van der Waals surface area contributed by atoms with Crippen LogP contribution in [-0.2, 0) is 13.0 Å². The van der Waals surface area contributed by atoms with Crippen LogP contribution < -0.4 is 10.1 Å². The molecule has 3 heterocycles. The maximum absolute atomic E-state index is 12.6. The van der Waals surface area contributed by atoms with Gasteiger partial charge in [-0.05, 0) is 30.9 Å². The SMILES string of the molecule is O=C(N[C@@H]1CCCc2cccnc21)c1cnn2c1OCCC2. The number of fused-ring (bicyclic) bond motifs is 2. The van der Waals surface area contributed by atoms with Gasteiger partial charge in [-0.3, -0.25) is 9.78 Å². The summed E-state index contributed by atoms with van der Waals surface area (Å²) < 4.78 is 7.35. The first-order valence-electron chi connectivity index (χ1n) is 7.76. The van der Waals surface area contributed by atoms with Crippen molar-refractivity contribution in [3.05, 3.63) is 41.3 Å². The second-order valence-corrected chi connectivity index (χ2v) is 5.75. The Hall–Kier alpha value is -2.37. The van der Waals surface area contributed by atoms with Gasteiger partial charge in [0.15, 0.2) is 0 Å². The third kappa shape index (κ3) is 2.24. The molecule has 0 bridgehead atoms. The molecule has 0 radical (unpaired) electrons. The Balaban J connectivity index is 1.57. The van der Waals surface area contributed by atoms with Crippen molar-refractivity contribution >= 4 is 5.91 Å². The molecule has 6 heteroatoms. The highest BCUT2D eigenvalue weighted by molar-refractivity contribution is 5.96. The van der Waals surface area contributed by atoms with E-state index >= 15 is 0 Å². The minimum absolute atomic E-state index is 0.0309. The molecule has 114 valence electrons. The van der Waals surface area contributed by atoms with Crippen LogP contribution in [0.2, 0.25) is 0 Å². The lowest BCUT2D eigenvalue weighted by atomic mass is 9.92. The lowest BCUT2D eigenvalue weighted by Gasteiger charge is -2.25. The van der Waals surface area contributed by atoms with Crippen LogP contribution in [0.25, 0.3) is 0 Å². The summed E-state index contributed by atoms with van der Waals surface area (Å²) in [6, 6.07) is 4.01. The second-order valence-electron chi connectivity index (χ2n) is 5.75. The first-order chi connectivity index (χ1) is 10.8. The standard InChI is InChI=1S/C16H18N4O2/c21-15(12-10-18-20-8-3-9-22-16(12)20)19-13-6-1-4-11-5-2-7-17-14(11)13/h2,5,7,10,13H,1,3-4,6,8-9H2,(H,19,21)/t13-/m1/s1. The lowest BCUT2D eigenvalue weighted by Crippen LogP contribution is -2.32. The Kier molecular flexibility index (Phi) is 3.29. The average Bonchev–Trinajstić information content (AvgIpc) is 2.99. The predicted octanol–water partition coefficient (Wildman–Crippen LogP) is 1.87. The van der Waals surface area contributed by atoms with Crippen LogP contribution in [0.4, 0.5) is 0 Å². The lowest BCUT2D eigenvalue weighted by molar-refractivity contribution is 0.0925. The van der Waals surface area contributed by atoms with Crippen LogP contribution >= 0.6 is 0 Å². The topological polar surface area (TPSA) is 69.0 Å². The predicted molar refractivity (Wildman–Crippen MR) is 79.7 cm³/mol. The molecule has 4 rings (SSSR count). The first-order valence-corrected chi connectivity index (χ1v) is 7.76. The summed E-state index contributed by atoms with van der Waals surface area (Å²) in [5.41, 5.74) is 2.74. The van der Waals surface area contributed by atoms with Crippen molar-refractivity contribution in [2.45, 2.75) is 38.3 Å². The van der Waals surface area contributed by atoms with Gasteiger partial charge in [-0.2, -0.15) is 5.10 Å². The van der Waals surface area contributed by atoms with E-state index in [-0.39, 0.29) is 11.9 Å². The van der Waals surface area contributed by atoms with Gasteiger partial charge >= 0.3 is 0 Å². The maximum Gasteiger partial charge on any atom is 0.258 e. The van der Waals surface area contributed by atoms with Crippen molar-refractivity contribution < 1.29 is 9.53 Å². The highest BCUT2D eigenvalue weighted by atomic mass is 16.5. The summed E-state index contributed by atoms with van der Waals surface area (Å²) in [7, 11) is 0. The van der Waals surface area contributed by atoms with Crippen molar-refractivity contribution in [3.8, 4) is 5.88 Å². The fourth-order valence-electron chi connectivity index (χ4n) is 3.21. The maximum atomic E-state index is 12.6. The van der Waals surface area contributed by atoms with Crippen LogP contribution in [0.5, 0.6) is 5.88 Å². The number of amides is 1. The molecule has 0 saturated heterocycles. The number of rotatable bonds is 2.